The smallest absolute Gasteiger partial charge is 0.415 e. The van der Waals surface area contributed by atoms with E-state index in [1.54, 1.807) is 12.3 Å². The number of nitrogens with zero attached hydrogens (tertiary/aromatic N) is 1. The highest BCUT2D eigenvalue weighted by atomic mass is 32.2. The van der Waals surface area contributed by atoms with Crippen LogP contribution in [0.1, 0.15) is 20.8 Å². The lowest BCUT2D eigenvalue weighted by molar-refractivity contribution is -0.0500. The van der Waals surface area contributed by atoms with Gasteiger partial charge < -0.3 is 13.9 Å². The SMILES string of the molecule is CC(C)(C)[Si](C)(C)OCCNc1cnc2ccc(OS(=O)(=O)C(F)(F)F)cc2c1. The van der Waals surface area contributed by atoms with Gasteiger partial charge >= 0.3 is 15.6 Å². The van der Waals surface area contributed by atoms with E-state index in [9.17, 15) is 21.6 Å². The van der Waals surface area contributed by atoms with Gasteiger partial charge in [-0.3, -0.25) is 4.98 Å². The van der Waals surface area contributed by atoms with Crippen LogP contribution in [-0.2, 0) is 14.5 Å². The van der Waals surface area contributed by atoms with Crippen molar-refractivity contribution in [3.63, 3.8) is 0 Å². The van der Waals surface area contributed by atoms with Crippen molar-refractivity contribution in [2.45, 2.75) is 44.4 Å². The minimum absolute atomic E-state index is 0.102. The van der Waals surface area contributed by atoms with E-state index >= 15 is 0 Å². The number of fused-ring (bicyclic) bond motifs is 1. The summed E-state index contributed by atoms with van der Waals surface area (Å²) >= 11 is 0. The van der Waals surface area contributed by atoms with Gasteiger partial charge in [-0.05, 0) is 42.4 Å². The van der Waals surface area contributed by atoms with Crippen LogP contribution in [0.15, 0.2) is 30.5 Å². The van der Waals surface area contributed by atoms with E-state index in [1.807, 2.05) is 0 Å². The molecule has 0 aliphatic carbocycles. The summed E-state index contributed by atoms with van der Waals surface area (Å²) in [5, 5.41) is 3.69. The van der Waals surface area contributed by atoms with Crippen LogP contribution in [0.5, 0.6) is 5.75 Å². The van der Waals surface area contributed by atoms with Crippen molar-refractivity contribution in [3.05, 3.63) is 30.5 Å². The zero-order valence-electron chi connectivity index (χ0n) is 16.9. The van der Waals surface area contributed by atoms with Gasteiger partial charge in [-0.15, -0.1) is 0 Å². The van der Waals surface area contributed by atoms with Crippen LogP contribution in [0.2, 0.25) is 18.1 Å². The number of hydrogen-bond donors (Lipinski definition) is 1. The molecule has 0 unspecified atom stereocenters. The number of nitrogens with one attached hydrogen (secondary N) is 1. The van der Waals surface area contributed by atoms with Crippen molar-refractivity contribution in [2.75, 3.05) is 18.5 Å². The van der Waals surface area contributed by atoms with Crippen LogP contribution in [0.25, 0.3) is 10.9 Å². The highest BCUT2D eigenvalue weighted by Gasteiger charge is 2.48. The Hall–Kier alpha value is -1.85. The number of rotatable bonds is 7. The summed E-state index contributed by atoms with van der Waals surface area (Å²) in [6.07, 6.45) is 1.58. The molecule has 1 aromatic heterocycles. The Labute approximate surface area is 169 Å². The van der Waals surface area contributed by atoms with Gasteiger partial charge in [0.2, 0.25) is 0 Å². The maximum Gasteiger partial charge on any atom is 0.534 e. The van der Waals surface area contributed by atoms with Gasteiger partial charge in [-0.25, -0.2) is 0 Å². The topological polar surface area (TPSA) is 77.5 Å². The van der Waals surface area contributed by atoms with Crippen molar-refractivity contribution in [2.24, 2.45) is 0 Å². The second kappa shape index (κ2) is 8.11. The van der Waals surface area contributed by atoms with Crippen molar-refractivity contribution in [1.82, 2.24) is 4.98 Å². The lowest BCUT2D eigenvalue weighted by Crippen LogP contribution is -2.41. The molecule has 2 rings (SSSR count). The maximum absolute atomic E-state index is 12.5. The van der Waals surface area contributed by atoms with Crippen molar-refractivity contribution >= 4 is 35.0 Å². The number of halogens is 3. The Bertz CT molecular complexity index is 973. The molecule has 0 aliphatic heterocycles. The van der Waals surface area contributed by atoms with E-state index in [0.29, 0.717) is 29.7 Å². The first-order chi connectivity index (χ1) is 13.1. The number of aromatic nitrogens is 1. The summed E-state index contributed by atoms with van der Waals surface area (Å²) in [5.74, 6) is -0.435. The van der Waals surface area contributed by atoms with Gasteiger partial charge in [-0.2, -0.15) is 21.6 Å². The average Bonchev–Trinajstić information content (AvgIpc) is 2.56. The summed E-state index contributed by atoms with van der Waals surface area (Å²) in [6, 6.07) is 5.37. The molecule has 29 heavy (non-hydrogen) atoms. The van der Waals surface area contributed by atoms with Crippen LogP contribution < -0.4 is 9.50 Å². The van der Waals surface area contributed by atoms with Crippen molar-refractivity contribution in [3.8, 4) is 5.75 Å². The molecule has 0 saturated carbocycles. The largest absolute Gasteiger partial charge is 0.534 e. The third-order valence-corrected chi connectivity index (χ3v) is 10.4. The molecule has 11 heteroatoms. The number of alkyl halides is 3. The van der Waals surface area contributed by atoms with Crippen LogP contribution in [0, 0.1) is 0 Å². The minimum atomic E-state index is -5.72. The van der Waals surface area contributed by atoms with Gasteiger partial charge in [0.25, 0.3) is 0 Å². The van der Waals surface area contributed by atoms with Crippen LogP contribution in [0.3, 0.4) is 0 Å². The number of anilines is 1. The fourth-order valence-corrected chi connectivity index (χ4v) is 3.65. The monoisotopic (exact) mass is 450 g/mol. The molecule has 1 aromatic carbocycles. The molecule has 0 fully saturated rings. The maximum atomic E-state index is 12.5. The molecular formula is C18H25F3N2O4SSi. The minimum Gasteiger partial charge on any atom is -0.415 e. The predicted octanol–water partition coefficient (Wildman–Crippen LogP) is 4.90. The Morgan fingerprint density at radius 2 is 1.79 bits per heavy atom. The molecular weight excluding hydrogens is 425 g/mol. The van der Waals surface area contributed by atoms with Gasteiger partial charge in [0.15, 0.2) is 8.32 Å². The number of hydrogen-bond acceptors (Lipinski definition) is 6. The first-order valence-corrected chi connectivity index (χ1v) is 13.2. The van der Waals surface area contributed by atoms with Crippen LogP contribution >= 0.6 is 0 Å². The lowest BCUT2D eigenvalue weighted by atomic mass is 10.2. The van der Waals surface area contributed by atoms with Crippen molar-refractivity contribution < 1.29 is 30.2 Å². The molecule has 6 nitrogen and oxygen atoms in total. The van der Waals surface area contributed by atoms with E-state index in [2.05, 4.69) is 48.3 Å². The number of pyridine rings is 1. The Morgan fingerprint density at radius 3 is 2.38 bits per heavy atom. The van der Waals surface area contributed by atoms with Crippen LogP contribution in [0.4, 0.5) is 18.9 Å². The summed E-state index contributed by atoms with van der Waals surface area (Å²) < 4.78 is 70.0. The Morgan fingerprint density at radius 1 is 1.14 bits per heavy atom. The van der Waals surface area contributed by atoms with Crippen LogP contribution in [-0.4, -0.2) is 40.4 Å². The van der Waals surface area contributed by atoms with E-state index in [1.165, 1.54) is 12.1 Å². The van der Waals surface area contributed by atoms with Gasteiger partial charge in [-0.1, -0.05) is 20.8 Å². The van der Waals surface area contributed by atoms with Gasteiger partial charge in [0.05, 0.1) is 24.0 Å². The van der Waals surface area contributed by atoms with Gasteiger partial charge in [0.1, 0.15) is 5.75 Å². The molecule has 162 valence electrons. The molecule has 0 bridgehead atoms. The van der Waals surface area contributed by atoms with Crippen molar-refractivity contribution in [1.29, 1.82) is 0 Å². The Balaban J connectivity index is 2.07. The molecule has 1 heterocycles. The summed E-state index contributed by atoms with van der Waals surface area (Å²) in [5.41, 5.74) is -4.37. The summed E-state index contributed by atoms with van der Waals surface area (Å²) in [7, 11) is -7.58. The number of benzene rings is 1. The zero-order valence-corrected chi connectivity index (χ0v) is 18.7. The first-order valence-electron chi connectivity index (χ1n) is 8.91. The quantitative estimate of drug-likeness (QED) is 0.280. The molecule has 0 radical (unpaired) electrons. The molecule has 2 aromatic rings. The van der Waals surface area contributed by atoms with E-state index in [4.69, 9.17) is 4.43 Å². The Kier molecular flexibility index (Phi) is 6.55. The fraction of sp³-hybridized carbons (Fsp3) is 0.500. The fourth-order valence-electron chi connectivity index (χ4n) is 2.15. The molecule has 0 aliphatic rings. The second-order valence-corrected chi connectivity index (χ2v) is 14.4. The molecule has 0 atom stereocenters. The average molecular weight is 451 g/mol. The second-order valence-electron chi connectivity index (χ2n) is 8.10. The first kappa shape index (κ1) is 23.4. The zero-order chi connectivity index (χ0) is 22.1. The van der Waals surface area contributed by atoms with E-state index in [0.717, 1.165) is 6.07 Å². The van der Waals surface area contributed by atoms with Gasteiger partial charge in [0, 0.05) is 11.9 Å². The molecule has 0 spiro atoms. The molecule has 0 amide bonds. The summed E-state index contributed by atoms with van der Waals surface area (Å²) in [6.45, 7) is 11.8. The lowest BCUT2D eigenvalue weighted by Gasteiger charge is -2.36. The normalized spacial score (nSPS) is 13.5. The molecule has 1 N–H and O–H groups in total. The molecule has 0 saturated heterocycles. The standard InChI is InChI=1S/C18H25F3N2O4SSi/c1-17(2,3)29(4,5)26-9-8-22-14-10-13-11-15(6-7-16(13)23-12-14)27-28(24,25)18(19,20)21/h6-7,10-12,22H,8-9H2,1-5H3. The van der Waals surface area contributed by atoms with E-state index in [-0.39, 0.29) is 5.04 Å². The predicted molar refractivity (Wildman–Crippen MR) is 109 cm³/mol. The third kappa shape index (κ3) is 5.83. The highest BCUT2D eigenvalue weighted by molar-refractivity contribution is 7.88. The third-order valence-electron chi connectivity index (χ3n) is 4.84. The summed E-state index contributed by atoms with van der Waals surface area (Å²) in [4.78, 5) is 4.21. The van der Waals surface area contributed by atoms with E-state index < -0.39 is 29.7 Å². The highest BCUT2D eigenvalue weighted by Crippen LogP contribution is 2.36.